The van der Waals surface area contributed by atoms with E-state index in [9.17, 15) is 9.90 Å². The van der Waals surface area contributed by atoms with Crippen molar-refractivity contribution in [2.45, 2.75) is 69.2 Å². The number of allylic oxidation sites excluding steroid dienone is 2. The third-order valence-corrected chi connectivity index (χ3v) is 5.76. The van der Waals surface area contributed by atoms with Gasteiger partial charge in [-0.2, -0.15) is 5.26 Å². The first-order chi connectivity index (χ1) is 17.0. The largest absolute Gasteiger partial charge is 0.512 e. The van der Waals surface area contributed by atoms with Crippen LogP contribution in [0.25, 0.3) is 22.5 Å². The number of hydrogen-bond donors (Lipinski definition) is 1. The Labute approximate surface area is 241 Å². The van der Waals surface area contributed by atoms with Crippen LogP contribution in [0.5, 0.6) is 0 Å². The fourth-order valence-electron chi connectivity index (χ4n) is 3.48. The van der Waals surface area contributed by atoms with Gasteiger partial charge in [0.15, 0.2) is 5.78 Å². The quantitative estimate of drug-likeness (QED) is 0.172. The van der Waals surface area contributed by atoms with E-state index in [0.717, 1.165) is 39.3 Å². The second kappa shape index (κ2) is 13.1. The van der Waals surface area contributed by atoms with Crippen LogP contribution in [0.3, 0.4) is 0 Å². The summed E-state index contributed by atoms with van der Waals surface area (Å²) in [4.78, 5) is 20.8. The number of aryl methyl sites for hydroxylation is 4. The number of aromatic nitrogens is 2. The van der Waals surface area contributed by atoms with Crippen LogP contribution < -0.4 is 0 Å². The first-order valence-corrected chi connectivity index (χ1v) is 12.3. The molecule has 0 aliphatic rings. The SMILES string of the molecule is CC(C)(C)C(=O)/C=C(\O)C(C)(C)C.Cc1[c-]c(-c2ncc(-c3ccc(C#N)cc3C)nc2C)cc(C)c1.[Ir]. The Hall–Kier alpha value is -3.13. The van der Waals surface area contributed by atoms with Crippen LogP contribution in [-0.2, 0) is 24.9 Å². The van der Waals surface area contributed by atoms with E-state index in [2.05, 4.69) is 36.2 Å². The number of aliphatic hydroxyl groups is 1. The van der Waals surface area contributed by atoms with Gasteiger partial charge >= 0.3 is 0 Å². The molecule has 0 aliphatic heterocycles. The van der Waals surface area contributed by atoms with Gasteiger partial charge in [-0.1, -0.05) is 61.5 Å². The summed E-state index contributed by atoms with van der Waals surface area (Å²) in [5.74, 6) is 0.104. The molecular weight excluding hydrogens is 651 g/mol. The van der Waals surface area contributed by atoms with E-state index in [1.165, 1.54) is 11.6 Å². The van der Waals surface area contributed by atoms with Crippen molar-refractivity contribution in [3.63, 3.8) is 0 Å². The van der Waals surface area contributed by atoms with Crippen molar-refractivity contribution >= 4 is 5.78 Å². The van der Waals surface area contributed by atoms with Crippen LogP contribution in [0, 0.1) is 55.9 Å². The molecular formula is C32H38IrN3O2-. The summed E-state index contributed by atoms with van der Waals surface area (Å²) >= 11 is 0. The Bertz CT molecular complexity index is 1350. The summed E-state index contributed by atoms with van der Waals surface area (Å²) in [7, 11) is 0. The Kier molecular flexibility index (Phi) is 11.3. The number of nitriles is 1. The van der Waals surface area contributed by atoms with Crippen LogP contribution in [0.2, 0.25) is 0 Å². The molecule has 5 nitrogen and oxygen atoms in total. The van der Waals surface area contributed by atoms with E-state index in [1.807, 2.05) is 80.5 Å². The van der Waals surface area contributed by atoms with Gasteiger partial charge in [-0.25, -0.2) is 0 Å². The molecule has 0 saturated heterocycles. The van der Waals surface area contributed by atoms with Gasteiger partial charge in [-0.3, -0.25) is 9.78 Å². The molecule has 6 heteroatoms. The maximum Gasteiger partial charge on any atom is 0.164 e. The molecule has 0 amide bonds. The second-order valence-corrected chi connectivity index (χ2v) is 11.5. The van der Waals surface area contributed by atoms with E-state index in [-0.39, 0.29) is 37.1 Å². The average molecular weight is 689 g/mol. The zero-order chi connectivity index (χ0) is 28.1. The molecule has 2 aromatic carbocycles. The number of carbonyl (C=O) groups is 1. The third-order valence-electron chi connectivity index (χ3n) is 5.76. The van der Waals surface area contributed by atoms with Crippen molar-refractivity contribution in [1.29, 1.82) is 5.26 Å². The second-order valence-electron chi connectivity index (χ2n) is 11.5. The van der Waals surface area contributed by atoms with Crippen molar-refractivity contribution in [2.75, 3.05) is 0 Å². The van der Waals surface area contributed by atoms with E-state index in [0.29, 0.717) is 5.56 Å². The third kappa shape index (κ3) is 9.01. The van der Waals surface area contributed by atoms with E-state index in [1.54, 1.807) is 6.20 Å². The van der Waals surface area contributed by atoms with Gasteiger partial charge in [-0.15, -0.1) is 34.9 Å². The summed E-state index contributed by atoms with van der Waals surface area (Å²) in [6, 6.07) is 15.3. The number of carbonyl (C=O) groups excluding carboxylic acids is 1. The van der Waals surface area contributed by atoms with Crippen molar-refractivity contribution in [3.8, 4) is 28.6 Å². The maximum absolute atomic E-state index is 11.5. The Balaban J connectivity index is 0.000000444. The van der Waals surface area contributed by atoms with Crippen molar-refractivity contribution in [1.82, 2.24) is 9.97 Å². The van der Waals surface area contributed by atoms with Crippen molar-refractivity contribution < 1.29 is 30.0 Å². The normalized spacial score (nSPS) is 11.6. The van der Waals surface area contributed by atoms with Crippen LogP contribution in [0.1, 0.15) is 69.5 Å². The molecule has 0 spiro atoms. The number of hydrogen-bond acceptors (Lipinski definition) is 5. The first-order valence-electron chi connectivity index (χ1n) is 12.3. The van der Waals surface area contributed by atoms with E-state index < -0.39 is 5.41 Å². The van der Waals surface area contributed by atoms with Gasteiger partial charge in [-0.05, 0) is 31.5 Å². The van der Waals surface area contributed by atoms with Gasteiger partial charge in [0.25, 0.3) is 0 Å². The number of ketones is 1. The standard InChI is InChI=1S/C21H18N3.C11H20O2.Ir/c1-13-7-14(2)9-18(8-13)21-16(4)24-20(12-23-21)19-6-5-17(11-22)10-15(19)3;1-10(2,3)8(12)7-9(13)11(4,5)6;/h5-8,10,12H,1-4H3;7,12H,1-6H3;/q-1;;/b;8-7-;. The molecule has 1 aromatic heterocycles. The Morgan fingerprint density at radius 1 is 1.00 bits per heavy atom. The molecule has 3 rings (SSSR count). The van der Waals surface area contributed by atoms with Gasteiger partial charge in [0.05, 0.1) is 17.3 Å². The average Bonchev–Trinajstić information content (AvgIpc) is 2.77. The van der Waals surface area contributed by atoms with Crippen LogP contribution in [0.4, 0.5) is 0 Å². The minimum atomic E-state index is -0.417. The number of nitrogens with zero attached hydrogens (tertiary/aromatic N) is 3. The molecule has 1 radical (unpaired) electrons. The minimum absolute atomic E-state index is 0. The fourth-order valence-corrected chi connectivity index (χ4v) is 3.48. The molecule has 0 atom stereocenters. The Morgan fingerprint density at radius 2 is 1.63 bits per heavy atom. The summed E-state index contributed by atoms with van der Waals surface area (Å²) < 4.78 is 0. The van der Waals surface area contributed by atoms with Gasteiger partial charge < -0.3 is 10.1 Å². The van der Waals surface area contributed by atoms with Gasteiger partial charge in [0.1, 0.15) is 5.76 Å². The Morgan fingerprint density at radius 3 is 2.11 bits per heavy atom. The molecule has 1 heterocycles. The number of benzene rings is 2. The molecule has 0 aliphatic carbocycles. The van der Waals surface area contributed by atoms with Gasteiger partial charge in [0.2, 0.25) is 0 Å². The fraction of sp³-hybridized carbons (Fsp3) is 0.375. The smallest absolute Gasteiger partial charge is 0.164 e. The summed E-state index contributed by atoms with van der Waals surface area (Å²) in [6.45, 7) is 19.2. The summed E-state index contributed by atoms with van der Waals surface area (Å²) in [5.41, 5.74) is 7.72. The molecule has 0 fully saturated rings. The van der Waals surface area contributed by atoms with Crippen molar-refractivity contribution in [3.05, 3.63) is 82.4 Å². The van der Waals surface area contributed by atoms with Crippen LogP contribution in [-0.4, -0.2) is 20.9 Å². The number of aliphatic hydroxyl groups excluding tert-OH is 1. The van der Waals surface area contributed by atoms with Crippen LogP contribution >= 0.6 is 0 Å². The first kappa shape index (κ1) is 32.9. The van der Waals surface area contributed by atoms with E-state index in [4.69, 9.17) is 10.2 Å². The molecule has 0 unspecified atom stereocenters. The summed E-state index contributed by atoms with van der Waals surface area (Å²) in [5, 5.41) is 18.6. The molecule has 203 valence electrons. The predicted octanol–water partition coefficient (Wildman–Crippen LogP) is 7.80. The molecule has 38 heavy (non-hydrogen) atoms. The molecule has 1 N–H and O–H groups in total. The van der Waals surface area contributed by atoms with Crippen LogP contribution in [0.15, 0.2) is 48.4 Å². The summed E-state index contributed by atoms with van der Waals surface area (Å²) in [6.07, 6.45) is 3.13. The number of rotatable bonds is 3. The molecule has 0 saturated carbocycles. The van der Waals surface area contributed by atoms with Gasteiger partial charge in [0, 0.05) is 60.2 Å². The van der Waals surface area contributed by atoms with E-state index >= 15 is 0 Å². The zero-order valence-electron chi connectivity index (χ0n) is 24.1. The predicted molar refractivity (Wildman–Crippen MR) is 150 cm³/mol. The van der Waals surface area contributed by atoms with Crippen molar-refractivity contribution in [2.24, 2.45) is 10.8 Å². The molecule has 0 bridgehead atoms. The zero-order valence-corrected chi connectivity index (χ0v) is 26.5. The maximum atomic E-state index is 11.5. The minimum Gasteiger partial charge on any atom is -0.512 e. The molecule has 3 aromatic rings. The topological polar surface area (TPSA) is 86.9 Å². The monoisotopic (exact) mass is 689 g/mol.